The first-order chi connectivity index (χ1) is 11.4. The predicted octanol–water partition coefficient (Wildman–Crippen LogP) is 2.63. The number of hydrogen-bond acceptors (Lipinski definition) is 5. The second-order valence-corrected chi connectivity index (χ2v) is 8.52. The van der Waals surface area contributed by atoms with Gasteiger partial charge in [-0.05, 0) is 42.8 Å². The van der Waals surface area contributed by atoms with Gasteiger partial charge < -0.3 is 0 Å². The van der Waals surface area contributed by atoms with Gasteiger partial charge in [0.15, 0.2) is 0 Å². The fourth-order valence-electron chi connectivity index (χ4n) is 2.18. The second-order valence-electron chi connectivity index (χ2n) is 5.24. The van der Waals surface area contributed by atoms with Crippen molar-refractivity contribution in [2.75, 3.05) is 11.4 Å². The van der Waals surface area contributed by atoms with Gasteiger partial charge in [0.1, 0.15) is 9.90 Å². The van der Waals surface area contributed by atoms with E-state index in [0.29, 0.717) is 16.3 Å². The molecule has 8 heteroatoms. The third-order valence-corrected chi connectivity index (χ3v) is 6.85. The summed E-state index contributed by atoms with van der Waals surface area (Å²) in [6, 6.07) is 13.4. The van der Waals surface area contributed by atoms with E-state index in [-0.39, 0.29) is 9.77 Å². The number of rotatable bonds is 4. The number of aryl methyl sites for hydroxylation is 1. The molecule has 1 N–H and O–H groups in total. The maximum atomic E-state index is 12.8. The molecule has 0 atom stereocenters. The topological polar surface area (TPSA) is 83.1 Å². The quantitative estimate of drug-likeness (QED) is 0.774. The number of H-pyrrole nitrogens is 1. The van der Waals surface area contributed by atoms with E-state index < -0.39 is 10.0 Å². The first-order valence-electron chi connectivity index (χ1n) is 7.09. The van der Waals surface area contributed by atoms with Crippen LogP contribution in [0.2, 0.25) is 0 Å². The first kappa shape index (κ1) is 16.4. The molecule has 0 spiro atoms. The van der Waals surface area contributed by atoms with Gasteiger partial charge in [-0.3, -0.25) is 9.10 Å². The lowest BCUT2D eigenvalue weighted by atomic mass is 10.2. The van der Waals surface area contributed by atoms with Gasteiger partial charge in [0.25, 0.3) is 15.6 Å². The number of nitrogens with one attached hydrogen (secondary N) is 1. The Hall–Kier alpha value is -2.45. The van der Waals surface area contributed by atoms with Crippen molar-refractivity contribution in [2.24, 2.45) is 0 Å². The van der Waals surface area contributed by atoms with E-state index in [0.717, 1.165) is 16.9 Å². The Morgan fingerprint density at radius 2 is 1.92 bits per heavy atom. The van der Waals surface area contributed by atoms with Crippen LogP contribution in [0, 0.1) is 6.92 Å². The minimum absolute atomic E-state index is 0.217. The molecule has 0 unspecified atom stereocenters. The van der Waals surface area contributed by atoms with Crippen molar-refractivity contribution in [1.82, 2.24) is 10.2 Å². The van der Waals surface area contributed by atoms with Crippen LogP contribution in [-0.4, -0.2) is 25.7 Å². The van der Waals surface area contributed by atoms with E-state index in [9.17, 15) is 13.2 Å². The summed E-state index contributed by atoms with van der Waals surface area (Å²) in [5.41, 5.74) is 1.81. The van der Waals surface area contributed by atoms with E-state index in [1.54, 1.807) is 24.3 Å². The molecule has 0 aliphatic rings. The molecule has 0 saturated carbocycles. The van der Waals surface area contributed by atoms with Crippen LogP contribution in [0.4, 0.5) is 5.69 Å². The van der Waals surface area contributed by atoms with Gasteiger partial charge in [-0.25, -0.2) is 13.5 Å². The number of nitrogens with zero attached hydrogens (tertiary/aromatic N) is 2. The molecule has 0 amide bonds. The van der Waals surface area contributed by atoms with Crippen molar-refractivity contribution in [2.45, 2.75) is 11.1 Å². The van der Waals surface area contributed by atoms with Crippen LogP contribution in [-0.2, 0) is 10.0 Å². The summed E-state index contributed by atoms with van der Waals surface area (Å²) in [6.45, 7) is 1.91. The number of sulfonamides is 1. The van der Waals surface area contributed by atoms with Crippen LogP contribution in [0.5, 0.6) is 0 Å². The average molecular weight is 361 g/mol. The summed E-state index contributed by atoms with van der Waals surface area (Å²) in [5.74, 6) is 0. The molecule has 0 saturated heterocycles. The smallest absolute Gasteiger partial charge is 0.269 e. The van der Waals surface area contributed by atoms with E-state index >= 15 is 0 Å². The molecule has 3 aromatic rings. The predicted molar refractivity (Wildman–Crippen MR) is 94.9 cm³/mol. The van der Waals surface area contributed by atoms with Crippen LogP contribution in [0.25, 0.3) is 10.6 Å². The van der Waals surface area contributed by atoms with Crippen LogP contribution >= 0.6 is 11.3 Å². The van der Waals surface area contributed by atoms with Crippen molar-refractivity contribution in [1.29, 1.82) is 0 Å². The second kappa shape index (κ2) is 6.21. The van der Waals surface area contributed by atoms with Crippen molar-refractivity contribution >= 4 is 27.0 Å². The Labute approximate surface area is 143 Å². The lowest BCUT2D eigenvalue weighted by Gasteiger charge is -2.18. The van der Waals surface area contributed by atoms with E-state index in [4.69, 9.17) is 0 Å². The molecule has 0 aliphatic carbocycles. The number of aromatic nitrogens is 2. The molecule has 6 nitrogen and oxygen atoms in total. The highest BCUT2D eigenvalue weighted by molar-refractivity contribution is 7.94. The zero-order chi connectivity index (χ0) is 17.3. The third kappa shape index (κ3) is 3.10. The van der Waals surface area contributed by atoms with Crippen LogP contribution in [0.15, 0.2) is 57.5 Å². The summed E-state index contributed by atoms with van der Waals surface area (Å²) >= 11 is 1.11. The molecule has 0 fully saturated rings. The minimum Gasteiger partial charge on any atom is -0.269 e. The van der Waals surface area contributed by atoms with E-state index in [1.165, 1.54) is 17.4 Å². The normalized spacial score (nSPS) is 11.4. The molecule has 124 valence electrons. The van der Waals surface area contributed by atoms with Crippen LogP contribution < -0.4 is 9.86 Å². The molecule has 3 rings (SSSR count). The molecule has 0 bridgehead atoms. The number of anilines is 1. The molecule has 24 heavy (non-hydrogen) atoms. The molecular weight excluding hydrogens is 346 g/mol. The Kier molecular flexibility index (Phi) is 4.25. The Bertz CT molecular complexity index is 1020. The molecule has 2 heterocycles. The molecule has 0 aliphatic heterocycles. The van der Waals surface area contributed by atoms with Gasteiger partial charge in [0.2, 0.25) is 0 Å². The maximum Gasteiger partial charge on any atom is 0.273 e. The number of hydrogen-bond donors (Lipinski definition) is 1. The highest BCUT2D eigenvalue weighted by atomic mass is 32.2. The Balaban J connectivity index is 1.96. The average Bonchev–Trinajstić information content (AvgIpc) is 3.05. The van der Waals surface area contributed by atoms with E-state index in [2.05, 4.69) is 10.2 Å². The van der Waals surface area contributed by atoms with Crippen LogP contribution in [0.1, 0.15) is 5.56 Å². The number of thiophene rings is 1. The molecule has 2 aromatic heterocycles. The lowest BCUT2D eigenvalue weighted by molar-refractivity contribution is 0.596. The van der Waals surface area contributed by atoms with Gasteiger partial charge in [0, 0.05) is 13.1 Å². The zero-order valence-corrected chi connectivity index (χ0v) is 14.7. The van der Waals surface area contributed by atoms with Gasteiger partial charge in [-0.15, -0.1) is 11.3 Å². The summed E-state index contributed by atoms with van der Waals surface area (Å²) in [4.78, 5) is 11.7. The standard InChI is InChI=1S/C16H15N3O3S2/c1-11-4-3-5-12(10-11)19(2)24(21,22)16-9-7-14(23-16)13-6-8-15(20)18-17-13/h3-10H,1-2H3,(H,18,20). The zero-order valence-electron chi connectivity index (χ0n) is 13.1. The third-order valence-electron chi connectivity index (χ3n) is 3.49. The van der Waals surface area contributed by atoms with Gasteiger partial charge >= 0.3 is 0 Å². The maximum absolute atomic E-state index is 12.8. The molecule has 1 aromatic carbocycles. The summed E-state index contributed by atoms with van der Waals surface area (Å²) in [6.07, 6.45) is 0. The number of benzene rings is 1. The minimum atomic E-state index is -3.65. The Morgan fingerprint density at radius 3 is 2.58 bits per heavy atom. The van der Waals surface area contributed by atoms with Gasteiger partial charge in [-0.2, -0.15) is 5.10 Å². The Morgan fingerprint density at radius 1 is 1.12 bits per heavy atom. The summed E-state index contributed by atoms with van der Waals surface area (Å²) in [5, 5.41) is 6.27. The molecular formula is C16H15N3O3S2. The SMILES string of the molecule is Cc1cccc(N(C)S(=O)(=O)c2ccc(-c3ccc(=O)[nH]n3)s2)c1. The summed E-state index contributed by atoms with van der Waals surface area (Å²) < 4.78 is 27.1. The largest absolute Gasteiger partial charge is 0.273 e. The molecule has 0 radical (unpaired) electrons. The number of aromatic amines is 1. The van der Waals surface area contributed by atoms with E-state index in [1.807, 2.05) is 25.1 Å². The van der Waals surface area contributed by atoms with Crippen molar-refractivity contribution in [3.63, 3.8) is 0 Å². The van der Waals surface area contributed by atoms with Gasteiger partial charge in [0.05, 0.1) is 10.6 Å². The van der Waals surface area contributed by atoms with Crippen molar-refractivity contribution in [3.8, 4) is 10.6 Å². The first-order valence-corrected chi connectivity index (χ1v) is 9.35. The van der Waals surface area contributed by atoms with Crippen molar-refractivity contribution in [3.05, 3.63) is 64.4 Å². The van der Waals surface area contributed by atoms with Crippen LogP contribution in [0.3, 0.4) is 0 Å². The lowest BCUT2D eigenvalue weighted by Crippen LogP contribution is -2.25. The fourth-order valence-corrected chi connectivity index (χ4v) is 4.81. The van der Waals surface area contributed by atoms with Gasteiger partial charge in [-0.1, -0.05) is 12.1 Å². The van der Waals surface area contributed by atoms with Crippen molar-refractivity contribution < 1.29 is 8.42 Å². The highest BCUT2D eigenvalue weighted by Gasteiger charge is 2.23. The highest BCUT2D eigenvalue weighted by Crippen LogP contribution is 2.32. The fraction of sp³-hybridized carbons (Fsp3) is 0.125. The monoisotopic (exact) mass is 361 g/mol. The summed E-state index contributed by atoms with van der Waals surface area (Å²) in [7, 11) is -2.12.